The van der Waals surface area contributed by atoms with Gasteiger partial charge in [-0.2, -0.15) is 0 Å². The number of hydrogen-bond donors (Lipinski definition) is 0. The molecule has 0 amide bonds. The molecule has 104 valence electrons. The van der Waals surface area contributed by atoms with Gasteiger partial charge in [-0.1, -0.05) is 30.3 Å². The van der Waals surface area contributed by atoms with Crippen molar-refractivity contribution in [2.24, 2.45) is 7.05 Å². The van der Waals surface area contributed by atoms with E-state index in [2.05, 4.69) is 0 Å². The number of rotatable bonds is 1. The lowest BCUT2D eigenvalue weighted by Gasteiger charge is -2.12. The summed E-state index contributed by atoms with van der Waals surface area (Å²) in [6.07, 6.45) is 0. The zero-order chi connectivity index (χ0) is 15.0. The van der Waals surface area contributed by atoms with Gasteiger partial charge in [0.1, 0.15) is 0 Å². The number of aromatic nitrogens is 2. The standard InChI is InChI=1S/C16H12N2O2S/c1-17-15(20)12-9-5-6-10-13(12)18(16(17)21)14(19)11-7-3-2-4-8-11/h2-10H,1H3. The van der Waals surface area contributed by atoms with Gasteiger partial charge in [-0.05, 0) is 36.5 Å². The second-order valence-corrected chi connectivity index (χ2v) is 5.04. The van der Waals surface area contributed by atoms with E-state index in [4.69, 9.17) is 12.2 Å². The van der Waals surface area contributed by atoms with Gasteiger partial charge in [-0.15, -0.1) is 0 Å². The van der Waals surface area contributed by atoms with E-state index >= 15 is 0 Å². The zero-order valence-corrected chi connectivity index (χ0v) is 12.1. The van der Waals surface area contributed by atoms with Crippen molar-refractivity contribution in [3.63, 3.8) is 0 Å². The summed E-state index contributed by atoms with van der Waals surface area (Å²) < 4.78 is 2.91. The van der Waals surface area contributed by atoms with Crippen molar-refractivity contribution < 1.29 is 4.79 Å². The molecule has 4 nitrogen and oxygen atoms in total. The molecular formula is C16H12N2O2S. The number of fused-ring (bicyclic) bond motifs is 1. The Hall–Kier alpha value is -2.53. The molecule has 0 saturated carbocycles. The van der Waals surface area contributed by atoms with Crippen LogP contribution in [0.4, 0.5) is 0 Å². The minimum Gasteiger partial charge on any atom is -0.287 e. The van der Waals surface area contributed by atoms with Gasteiger partial charge in [0.2, 0.25) is 0 Å². The molecule has 0 N–H and O–H groups in total. The smallest absolute Gasteiger partial charge is 0.264 e. The van der Waals surface area contributed by atoms with Gasteiger partial charge in [0.05, 0.1) is 10.9 Å². The van der Waals surface area contributed by atoms with E-state index in [9.17, 15) is 9.59 Å². The Balaban J connectivity index is 2.41. The first-order valence-corrected chi connectivity index (χ1v) is 6.82. The van der Waals surface area contributed by atoms with Crippen LogP contribution in [0.2, 0.25) is 0 Å². The molecule has 3 aromatic rings. The number of para-hydroxylation sites is 1. The molecule has 21 heavy (non-hydrogen) atoms. The van der Waals surface area contributed by atoms with E-state index in [1.807, 2.05) is 6.07 Å². The van der Waals surface area contributed by atoms with Gasteiger partial charge in [0.25, 0.3) is 11.5 Å². The first-order valence-electron chi connectivity index (χ1n) is 6.42. The van der Waals surface area contributed by atoms with Gasteiger partial charge >= 0.3 is 0 Å². The van der Waals surface area contributed by atoms with Crippen LogP contribution in [0.25, 0.3) is 10.9 Å². The zero-order valence-electron chi connectivity index (χ0n) is 11.3. The van der Waals surface area contributed by atoms with Gasteiger partial charge in [0, 0.05) is 12.6 Å². The van der Waals surface area contributed by atoms with Crippen molar-refractivity contribution in [2.75, 3.05) is 0 Å². The normalized spacial score (nSPS) is 10.7. The molecule has 0 unspecified atom stereocenters. The Morgan fingerprint density at radius 2 is 1.62 bits per heavy atom. The number of benzene rings is 2. The Bertz CT molecular complexity index is 955. The Kier molecular flexibility index (Phi) is 3.27. The molecular weight excluding hydrogens is 284 g/mol. The summed E-state index contributed by atoms with van der Waals surface area (Å²) in [6, 6.07) is 15.9. The highest BCUT2D eigenvalue weighted by Crippen LogP contribution is 2.13. The third-order valence-electron chi connectivity index (χ3n) is 3.38. The fourth-order valence-corrected chi connectivity index (χ4v) is 2.54. The van der Waals surface area contributed by atoms with E-state index in [1.54, 1.807) is 55.6 Å². The highest BCUT2D eigenvalue weighted by molar-refractivity contribution is 7.71. The summed E-state index contributed by atoms with van der Waals surface area (Å²) in [6.45, 7) is 0. The highest BCUT2D eigenvalue weighted by atomic mass is 32.1. The molecule has 0 aliphatic heterocycles. The van der Waals surface area contributed by atoms with Crippen molar-refractivity contribution in [3.05, 3.63) is 75.3 Å². The van der Waals surface area contributed by atoms with Crippen molar-refractivity contribution in [3.8, 4) is 0 Å². The fourth-order valence-electron chi connectivity index (χ4n) is 2.28. The number of carbonyl (C=O) groups excluding carboxylic acids is 1. The Morgan fingerprint density at radius 3 is 2.33 bits per heavy atom. The Labute approximate surface area is 125 Å². The van der Waals surface area contributed by atoms with Gasteiger partial charge in [-0.3, -0.25) is 18.7 Å². The maximum Gasteiger partial charge on any atom is 0.264 e. The van der Waals surface area contributed by atoms with E-state index in [0.29, 0.717) is 16.5 Å². The third-order valence-corrected chi connectivity index (χ3v) is 3.84. The van der Waals surface area contributed by atoms with E-state index < -0.39 is 0 Å². The number of nitrogens with zero attached hydrogens (tertiary/aromatic N) is 2. The van der Waals surface area contributed by atoms with E-state index in [-0.39, 0.29) is 16.2 Å². The fraction of sp³-hybridized carbons (Fsp3) is 0.0625. The van der Waals surface area contributed by atoms with Crippen LogP contribution >= 0.6 is 12.2 Å². The molecule has 2 aromatic carbocycles. The number of hydrogen-bond acceptors (Lipinski definition) is 3. The van der Waals surface area contributed by atoms with Crippen molar-refractivity contribution in [2.45, 2.75) is 0 Å². The second kappa shape index (κ2) is 5.10. The average Bonchev–Trinajstić information content (AvgIpc) is 2.53. The molecule has 0 spiro atoms. The maximum absolute atomic E-state index is 12.7. The minimum absolute atomic E-state index is 0.188. The van der Waals surface area contributed by atoms with Crippen LogP contribution in [0.1, 0.15) is 10.4 Å². The summed E-state index contributed by atoms with van der Waals surface area (Å²) in [4.78, 5) is 25.0. The highest BCUT2D eigenvalue weighted by Gasteiger charge is 2.15. The van der Waals surface area contributed by atoms with E-state index in [1.165, 1.54) is 9.13 Å². The molecule has 3 rings (SSSR count). The lowest BCUT2D eigenvalue weighted by molar-refractivity contribution is 0.0960. The molecule has 0 radical (unpaired) electrons. The molecule has 0 aliphatic carbocycles. The summed E-state index contributed by atoms with van der Waals surface area (Å²) in [5, 5.41) is 0.470. The molecule has 0 atom stereocenters. The van der Waals surface area contributed by atoms with Crippen LogP contribution in [-0.2, 0) is 7.05 Å². The van der Waals surface area contributed by atoms with E-state index in [0.717, 1.165) is 0 Å². The maximum atomic E-state index is 12.7. The quantitative estimate of drug-likeness (QED) is 0.649. The lowest BCUT2D eigenvalue weighted by atomic mass is 10.2. The van der Waals surface area contributed by atoms with Gasteiger partial charge < -0.3 is 0 Å². The topological polar surface area (TPSA) is 44.0 Å². The molecule has 0 saturated heterocycles. The Morgan fingerprint density at radius 1 is 1.00 bits per heavy atom. The van der Waals surface area contributed by atoms with Crippen LogP contribution in [0.5, 0.6) is 0 Å². The molecule has 0 aliphatic rings. The predicted molar refractivity (Wildman–Crippen MR) is 84.2 cm³/mol. The minimum atomic E-state index is -0.243. The summed E-state index contributed by atoms with van der Waals surface area (Å²) in [5.74, 6) is -0.243. The summed E-state index contributed by atoms with van der Waals surface area (Å²) in [5.41, 5.74) is 0.851. The molecule has 1 aromatic heterocycles. The van der Waals surface area contributed by atoms with Crippen LogP contribution in [-0.4, -0.2) is 15.0 Å². The summed E-state index contributed by atoms with van der Waals surface area (Å²) in [7, 11) is 1.58. The van der Waals surface area contributed by atoms with Crippen LogP contribution in [0, 0.1) is 4.77 Å². The third kappa shape index (κ3) is 2.11. The number of carbonyl (C=O) groups is 1. The lowest BCUT2D eigenvalue weighted by Crippen LogP contribution is -2.26. The van der Waals surface area contributed by atoms with Crippen LogP contribution in [0.15, 0.2) is 59.4 Å². The molecule has 0 fully saturated rings. The summed E-state index contributed by atoms with van der Waals surface area (Å²) >= 11 is 5.29. The largest absolute Gasteiger partial charge is 0.287 e. The predicted octanol–water partition coefficient (Wildman–Crippen LogP) is 2.76. The SMILES string of the molecule is Cn1c(=O)c2ccccc2n(C(=O)c2ccccc2)c1=S. The average molecular weight is 296 g/mol. The van der Waals surface area contributed by atoms with Crippen molar-refractivity contribution in [1.82, 2.24) is 9.13 Å². The molecule has 1 heterocycles. The van der Waals surface area contributed by atoms with Crippen molar-refractivity contribution in [1.29, 1.82) is 0 Å². The second-order valence-electron chi connectivity index (χ2n) is 4.67. The monoisotopic (exact) mass is 296 g/mol. The first-order chi connectivity index (χ1) is 10.1. The first kappa shape index (κ1) is 13.5. The van der Waals surface area contributed by atoms with Gasteiger partial charge in [-0.25, -0.2) is 0 Å². The van der Waals surface area contributed by atoms with Crippen LogP contribution < -0.4 is 5.56 Å². The molecule has 0 bridgehead atoms. The van der Waals surface area contributed by atoms with Crippen LogP contribution in [0.3, 0.4) is 0 Å². The van der Waals surface area contributed by atoms with Gasteiger partial charge in [0.15, 0.2) is 4.77 Å². The molecule has 5 heteroatoms. The van der Waals surface area contributed by atoms with Crippen molar-refractivity contribution >= 4 is 29.0 Å².